The van der Waals surface area contributed by atoms with Crippen molar-refractivity contribution >= 4 is 44.2 Å². The summed E-state index contributed by atoms with van der Waals surface area (Å²) in [6, 6.07) is 9.28. The van der Waals surface area contributed by atoms with Gasteiger partial charge in [-0.05, 0) is 37.3 Å². The van der Waals surface area contributed by atoms with E-state index in [1.54, 1.807) is 22.3 Å². The average molecular weight is 471 g/mol. The van der Waals surface area contributed by atoms with Gasteiger partial charge in [0.15, 0.2) is 5.13 Å². The highest BCUT2D eigenvalue weighted by Gasteiger charge is 2.17. The van der Waals surface area contributed by atoms with Gasteiger partial charge in [-0.3, -0.25) is 14.9 Å². The molecule has 2 amide bonds. The van der Waals surface area contributed by atoms with E-state index in [2.05, 4.69) is 36.3 Å². The van der Waals surface area contributed by atoms with E-state index in [4.69, 9.17) is 5.73 Å². The molecule has 29 heavy (non-hydrogen) atoms. The van der Waals surface area contributed by atoms with Gasteiger partial charge in [0.1, 0.15) is 5.69 Å². The van der Waals surface area contributed by atoms with E-state index in [1.807, 2.05) is 31.2 Å². The molecular formula is C19H15BrN6O2S. The van der Waals surface area contributed by atoms with E-state index in [0.29, 0.717) is 22.1 Å². The van der Waals surface area contributed by atoms with Crippen LogP contribution in [0.5, 0.6) is 0 Å². The summed E-state index contributed by atoms with van der Waals surface area (Å²) >= 11 is 4.69. The Bertz CT molecular complexity index is 1210. The molecule has 146 valence electrons. The zero-order valence-corrected chi connectivity index (χ0v) is 17.5. The largest absolute Gasteiger partial charge is 0.364 e. The molecule has 0 atom stereocenters. The minimum absolute atomic E-state index is 0.293. The van der Waals surface area contributed by atoms with Crippen LogP contribution in [0.1, 0.15) is 26.5 Å². The lowest BCUT2D eigenvalue weighted by molar-refractivity contribution is 0.0993. The van der Waals surface area contributed by atoms with Crippen molar-refractivity contribution in [3.05, 3.63) is 69.5 Å². The lowest BCUT2D eigenvalue weighted by atomic mass is 10.2. The molecule has 0 radical (unpaired) electrons. The van der Waals surface area contributed by atoms with Gasteiger partial charge in [-0.25, -0.2) is 9.67 Å². The molecule has 4 aromatic rings. The highest BCUT2D eigenvalue weighted by molar-refractivity contribution is 9.10. The second-order valence-corrected chi connectivity index (χ2v) is 7.96. The first kappa shape index (κ1) is 19.1. The lowest BCUT2D eigenvalue weighted by Gasteiger charge is -2.05. The van der Waals surface area contributed by atoms with Crippen LogP contribution in [0.2, 0.25) is 0 Å². The van der Waals surface area contributed by atoms with E-state index in [0.717, 1.165) is 21.4 Å². The Morgan fingerprint density at radius 3 is 2.72 bits per heavy atom. The molecule has 0 bridgehead atoms. The van der Waals surface area contributed by atoms with Crippen LogP contribution >= 0.6 is 27.3 Å². The van der Waals surface area contributed by atoms with E-state index < -0.39 is 5.91 Å². The number of carbonyl (C=O) groups excluding carboxylic acids is 2. The number of nitrogens with two attached hydrogens (primary N) is 1. The fourth-order valence-electron chi connectivity index (χ4n) is 2.79. The van der Waals surface area contributed by atoms with Gasteiger partial charge in [-0.15, -0.1) is 11.3 Å². The Morgan fingerprint density at radius 1 is 1.28 bits per heavy atom. The average Bonchev–Trinajstić information content (AvgIpc) is 3.41. The molecule has 3 heterocycles. The van der Waals surface area contributed by atoms with Crippen molar-refractivity contribution < 1.29 is 9.59 Å². The Kier molecular flexibility index (Phi) is 5.03. The molecule has 3 aromatic heterocycles. The molecule has 1 aromatic carbocycles. The van der Waals surface area contributed by atoms with E-state index in [9.17, 15) is 9.59 Å². The van der Waals surface area contributed by atoms with E-state index in [1.165, 1.54) is 17.5 Å². The van der Waals surface area contributed by atoms with Gasteiger partial charge in [0.05, 0.1) is 28.8 Å². The first-order valence-electron chi connectivity index (χ1n) is 8.48. The third-order valence-corrected chi connectivity index (χ3v) is 5.58. The van der Waals surface area contributed by atoms with Crippen molar-refractivity contribution in [1.29, 1.82) is 0 Å². The third kappa shape index (κ3) is 3.84. The zero-order chi connectivity index (χ0) is 20.5. The maximum absolute atomic E-state index is 12.7. The van der Waals surface area contributed by atoms with Crippen LogP contribution in [0.25, 0.3) is 16.9 Å². The molecule has 0 unspecified atom stereocenters. The molecule has 0 aliphatic heterocycles. The minimum atomic E-state index is -0.543. The number of halogens is 1. The van der Waals surface area contributed by atoms with Crippen molar-refractivity contribution in [2.24, 2.45) is 5.73 Å². The summed E-state index contributed by atoms with van der Waals surface area (Å²) in [5, 5.41) is 9.36. The number of carbonyl (C=O) groups is 2. The van der Waals surface area contributed by atoms with Gasteiger partial charge >= 0.3 is 0 Å². The number of aromatic nitrogens is 4. The summed E-state index contributed by atoms with van der Waals surface area (Å²) in [7, 11) is 0. The van der Waals surface area contributed by atoms with Gasteiger partial charge in [-0.1, -0.05) is 15.9 Å². The highest BCUT2D eigenvalue weighted by atomic mass is 79.9. The molecule has 8 nitrogen and oxygen atoms in total. The van der Waals surface area contributed by atoms with Crippen LogP contribution in [0.4, 0.5) is 5.13 Å². The molecule has 4 N–H and O–H groups in total. The van der Waals surface area contributed by atoms with Gasteiger partial charge in [0.25, 0.3) is 11.8 Å². The molecular weight excluding hydrogens is 456 g/mol. The molecule has 0 saturated carbocycles. The molecule has 10 heteroatoms. The Labute approximate surface area is 177 Å². The number of nitrogens with zero attached hydrogens (tertiary/aromatic N) is 3. The van der Waals surface area contributed by atoms with Crippen LogP contribution in [-0.2, 0) is 0 Å². The molecule has 0 aliphatic carbocycles. The number of nitrogens with one attached hydrogen (secondary N) is 2. The second kappa shape index (κ2) is 7.64. The molecule has 4 rings (SSSR count). The number of anilines is 1. The SMILES string of the molecule is Cc1c(C(=O)Nc2nc(-c3c[nH]c(C(N)=O)c3)cs2)cnn1-c1ccc(Br)cc1. The van der Waals surface area contributed by atoms with E-state index in [-0.39, 0.29) is 5.91 Å². The number of thiazole rings is 1. The summed E-state index contributed by atoms with van der Waals surface area (Å²) in [5.74, 6) is -0.836. The predicted octanol–water partition coefficient (Wildman–Crippen LogP) is 3.75. The number of rotatable bonds is 5. The molecule has 0 saturated heterocycles. The number of benzene rings is 1. The van der Waals surface area contributed by atoms with Crippen LogP contribution in [0, 0.1) is 6.92 Å². The van der Waals surface area contributed by atoms with Gasteiger partial charge in [0.2, 0.25) is 0 Å². The normalized spacial score (nSPS) is 10.8. The topological polar surface area (TPSA) is 119 Å². The summed E-state index contributed by atoms with van der Waals surface area (Å²) in [5.41, 5.74) is 8.95. The summed E-state index contributed by atoms with van der Waals surface area (Å²) in [4.78, 5) is 31.1. The quantitative estimate of drug-likeness (QED) is 0.411. The standard InChI is InChI=1S/C19H15BrN6O2S/c1-10-14(8-23-26(10)13-4-2-12(20)3-5-13)18(28)25-19-24-16(9-29-19)11-6-15(17(21)27)22-7-11/h2-9,22H,1H3,(H2,21,27)(H,24,25,28). The van der Waals surface area contributed by atoms with Crippen LogP contribution in [0.15, 0.2) is 52.6 Å². The van der Waals surface area contributed by atoms with Crippen molar-refractivity contribution in [2.75, 3.05) is 5.32 Å². The maximum Gasteiger partial charge on any atom is 0.265 e. The number of H-pyrrole nitrogens is 1. The first-order valence-corrected chi connectivity index (χ1v) is 10.2. The summed E-state index contributed by atoms with van der Waals surface area (Å²) < 4.78 is 2.67. The van der Waals surface area contributed by atoms with E-state index >= 15 is 0 Å². The Balaban J connectivity index is 1.52. The van der Waals surface area contributed by atoms with Crippen molar-refractivity contribution in [3.8, 4) is 16.9 Å². The first-order chi connectivity index (χ1) is 13.9. The number of aromatic amines is 1. The monoisotopic (exact) mass is 470 g/mol. The molecule has 0 fully saturated rings. The molecule has 0 spiro atoms. The minimum Gasteiger partial charge on any atom is -0.364 e. The van der Waals surface area contributed by atoms with Crippen LogP contribution < -0.4 is 11.1 Å². The zero-order valence-electron chi connectivity index (χ0n) is 15.1. The van der Waals surface area contributed by atoms with Crippen molar-refractivity contribution in [2.45, 2.75) is 6.92 Å². The summed E-state index contributed by atoms with van der Waals surface area (Å²) in [6.45, 7) is 1.84. The second-order valence-electron chi connectivity index (χ2n) is 6.19. The fraction of sp³-hybridized carbons (Fsp3) is 0.0526. The Hall–Kier alpha value is -3.24. The van der Waals surface area contributed by atoms with Crippen LogP contribution in [-0.4, -0.2) is 31.6 Å². The van der Waals surface area contributed by atoms with Crippen molar-refractivity contribution in [3.63, 3.8) is 0 Å². The number of hydrogen-bond acceptors (Lipinski definition) is 5. The number of hydrogen-bond donors (Lipinski definition) is 3. The lowest BCUT2D eigenvalue weighted by Crippen LogP contribution is -2.13. The van der Waals surface area contributed by atoms with Gasteiger partial charge in [0, 0.05) is 21.6 Å². The van der Waals surface area contributed by atoms with Gasteiger partial charge < -0.3 is 10.7 Å². The smallest absolute Gasteiger partial charge is 0.265 e. The van der Waals surface area contributed by atoms with Crippen LogP contribution in [0.3, 0.4) is 0 Å². The number of amides is 2. The van der Waals surface area contributed by atoms with Crippen molar-refractivity contribution in [1.82, 2.24) is 19.7 Å². The highest BCUT2D eigenvalue weighted by Crippen LogP contribution is 2.26. The van der Waals surface area contributed by atoms with Gasteiger partial charge in [-0.2, -0.15) is 5.10 Å². The Morgan fingerprint density at radius 2 is 2.03 bits per heavy atom. The number of primary amides is 1. The third-order valence-electron chi connectivity index (χ3n) is 4.29. The fourth-order valence-corrected chi connectivity index (χ4v) is 3.77. The predicted molar refractivity (Wildman–Crippen MR) is 114 cm³/mol. The molecule has 0 aliphatic rings. The summed E-state index contributed by atoms with van der Waals surface area (Å²) in [6.07, 6.45) is 3.18. The maximum atomic E-state index is 12.7.